The van der Waals surface area contributed by atoms with Crippen molar-refractivity contribution in [3.05, 3.63) is 63.4 Å². The molecule has 0 aliphatic rings. The highest BCUT2D eigenvalue weighted by molar-refractivity contribution is 7.71. The Morgan fingerprint density at radius 3 is 2.79 bits per heavy atom. The molecule has 0 fully saturated rings. The summed E-state index contributed by atoms with van der Waals surface area (Å²) in [7, 11) is 0. The lowest BCUT2D eigenvalue weighted by atomic mass is 10.1. The average molecular weight is 289 g/mol. The highest BCUT2D eigenvalue weighted by atomic mass is 35.5. The van der Waals surface area contributed by atoms with Crippen LogP contribution in [0, 0.1) is 11.7 Å². The van der Waals surface area contributed by atoms with E-state index in [4.69, 9.17) is 23.8 Å². The number of aromatic amines is 1. The van der Waals surface area contributed by atoms with Gasteiger partial charge in [0.15, 0.2) is 4.77 Å². The summed E-state index contributed by atoms with van der Waals surface area (Å²) in [6.07, 6.45) is 0. The van der Waals surface area contributed by atoms with Crippen LogP contribution in [0.2, 0.25) is 5.02 Å². The highest BCUT2D eigenvalue weighted by Gasteiger charge is 2.07. The summed E-state index contributed by atoms with van der Waals surface area (Å²) in [5.74, 6) is 0. The maximum Gasteiger partial charge on any atom is 0.178 e. The van der Waals surface area contributed by atoms with Crippen LogP contribution in [0.3, 0.4) is 0 Å². The smallest absolute Gasteiger partial charge is 0.178 e. The molecule has 0 spiro atoms. The van der Waals surface area contributed by atoms with Gasteiger partial charge >= 0.3 is 0 Å². The molecule has 0 bridgehead atoms. The molecule has 0 saturated carbocycles. The van der Waals surface area contributed by atoms with Gasteiger partial charge in [-0.25, -0.2) is 0 Å². The molecular formula is C15H13ClN2S. The lowest BCUT2D eigenvalue weighted by Crippen LogP contribution is -1.99. The molecule has 96 valence electrons. The van der Waals surface area contributed by atoms with Gasteiger partial charge in [0.05, 0.1) is 22.6 Å². The van der Waals surface area contributed by atoms with Gasteiger partial charge in [-0.05, 0) is 36.8 Å². The molecule has 19 heavy (non-hydrogen) atoms. The lowest BCUT2D eigenvalue weighted by Gasteiger charge is -2.06. The summed E-state index contributed by atoms with van der Waals surface area (Å²) in [5, 5.41) is 0.701. The second-order valence-electron chi connectivity index (χ2n) is 4.64. The molecule has 0 amide bonds. The Bertz CT molecular complexity index is 801. The van der Waals surface area contributed by atoms with E-state index in [1.807, 2.05) is 18.2 Å². The third-order valence-corrected chi connectivity index (χ3v) is 3.82. The number of aromatic nitrogens is 2. The number of aryl methyl sites for hydroxylation is 1. The molecule has 0 radical (unpaired) electrons. The van der Waals surface area contributed by atoms with E-state index in [1.165, 1.54) is 11.1 Å². The van der Waals surface area contributed by atoms with E-state index in [-0.39, 0.29) is 0 Å². The molecular weight excluding hydrogens is 276 g/mol. The number of nitrogens with one attached hydrogen (secondary N) is 1. The van der Waals surface area contributed by atoms with Gasteiger partial charge in [-0.2, -0.15) is 0 Å². The number of para-hydroxylation sites is 1. The van der Waals surface area contributed by atoms with E-state index >= 15 is 0 Å². The predicted molar refractivity (Wildman–Crippen MR) is 82.4 cm³/mol. The monoisotopic (exact) mass is 288 g/mol. The number of halogens is 1. The SMILES string of the molecule is Cc1cccc(Cn2c(=S)[nH]c3c(Cl)cccc32)c1. The zero-order chi connectivity index (χ0) is 13.4. The molecule has 3 rings (SSSR count). The molecule has 2 aromatic carbocycles. The molecule has 3 aromatic rings. The number of nitrogens with zero attached hydrogens (tertiary/aromatic N) is 1. The number of imidazole rings is 1. The molecule has 0 saturated heterocycles. The molecule has 2 nitrogen and oxygen atoms in total. The van der Waals surface area contributed by atoms with Crippen LogP contribution in [0.5, 0.6) is 0 Å². The zero-order valence-electron chi connectivity index (χ0n) is 10.5. The largest absolute Gasteiger partial charge is 0.329 e. The first kappa shape index (κ1) is 12.5. The van der Waals surface area contributed by atoms with Gasteiger partial charge in [0.2, 0.25) is 0 Å². The van der Waals surface area contributed by atoms with Crippen LogP contribution in [-0.2, 0) is 6.54 Å². The number of H-pyrrole nitrogens is 1. The predicted octanol–water partition coefficient (Wildman–Crippen LogP) is 4.71. The maximum atomic E-state index is 6.18. The van der Waals surface area contributed by atoms with Gasteiger partial charge in [0.25, 0.3) is 0 Å². The van der Waals surface area contributed by atoms with Crippen LogP contribution in [0.4, 0.5) is 0 Å². The highest BCUT2D eigenvalue weighted by Crippen LogP contribution is 2.23. The average Bonchev–Trinajstić information content (AvgIpc) is 2.69. The van der Waals surface area contributed by atoms with Crippen molar-refractivity contribution in [2.75, 3.05) is 0 Å². The third kappa shape index (κ3) is 2.31. The Hall–Kier alpha value is -1.58. The number of hydrogen-bond donors (Lipinski definition) is 1. The van der Waals surface area contributed by atoms with Crippen molar-refractivity contribution in [1.29, 1.82) is 0 Å². The Morgan fingerprint density at radius 2 is 2.00 bits per heavy atom. The van der Waals surface area contributed by atoms with Gasteiger partial charge in [0, 0.05) is 0 Å². The second kappa shape index (κ2) is 4.83. The number of rotatable bonds is 2. The van der Waals surface area contributed by atoms with Crippen LogP contribution in [0.15, 0.2) is 42.5 Å². The summed E-state index contributed by atoms with van der Waals surface area (Å²) in [6, 6.07) is 14.3. The van der Waals surface area contributed by atoms with Crippen molar-refractivity contribution in [2.24, 2.45) is 0 Å². The van der Waals surface area contributed by atoms with E-state index in [0.29, 0.717) is 9.79 Å². The maximum absolute atomic E-state index is 6.18. The van der Waals surface area contributed by atoms with E-state index < -0.39 is 0 Å². The number of fused-ring (bicyclic) bond motifs is 1. The summed E-state index contributed by atoms with van der Waals surface area (Å²) < 4.78 is 2.77. The summed E-state index contributed by atoms with van der Waals surface area (Å²) in [4.78, 5) is 3.18. The normalized spacial score (nSPS) is 11.1. The summed E-state index contributed by atoms with van der Waals surface area (Å²) in [6.45, 7) is 2.84. The fourth-order valence-corrected chi connectivity index (χ4v) is 2.78. The van der Waals surface area contributed by atoms with Crippen LogP contribution < -0.4 is 0 Å². The first-order chi connectivity index (χ1) is 9.15. The fraction of sp³-hybridized carbons (Fsp3) is 0.133. The number of hydrogen-bond acceptors (Lipinski definition) is 1. The Morgan fingerprint density at radius 1 is 1.21 bits per heavy atom. The minimum absolute atomic E-state index is 0.699. The minimum atomic E-state index is 0.699. The first-order valence-electron chi connectivity index (χ1n) is 6.08. The molecule has 0 unspecified atom stereocenters. The molecule has 0 atom stereocenters. The first-order valence-corrected chi connectivity index (χ1v) is 6.86. The number of benzene rings is 2. The third-order valence-electron chi connectivity index (χ3n) is 3.18. The topological polar surface area (TPSA) is 20.7 Å². The van der Waals surface area contributed by atoms with Crippen LogP contribution in [0.25, 0.3) is 11.0 Å². The van der Waals surface area contributed by atoms with Gasteiger partial charge < -0.3 is 9.55 Å². The van der Waals surface area contributed by atoms with Crippen molar-refractivity contribution >= 4 is 34.9 Å². The van der Waals surface area contributed by atoms with Gasteiger partial charge in [0.1, 0.15) is 0 Å². The molecule has 1 heterocycles. The molecule has 1 N–H and O–H groups in total. The molecule has 1 aromatic heterocycles. The van der Waals surface area contributed by atoms with E-state index in [1.54, 1.807) is 0 Å². The van der Waals surface area contributed by atoms with Crippen LogP contribution in [0.1, 0.15) is 11.1 Å². The Balaban J connectivity index is 2.13. The fourth-order valence-electron chi connectivity index (χ4n) is 2.30. The molecule has 0 aliphatic carbocycles. The van der Waals surface area contributed by atoms with Gasteiger partial charge in [-0.15, -0.1) is 0 Å². The van der Waals surface area contributed by atoms with Crippen molar-refractivity contribution in [3.63, 3.8) is 0 Å². The Kier molecular flexibility index (Phi) is 3.17. The second-order valence-corrected chi connectivity index (χ2v) is 5.43. The summed E-state index contributed by atoms with van der Waals surface area (Å²) >= 11 is 11.6. The molecule has 0 aliphatic heterocycles. The lowest BCUT2D eigenvalue weighted by molar-refractivity contribution is 0.809. The van der Waals surface area contributed by atoms with E-state index in [0.717, 1.165) is 17.6 Å². The quantitative estimate of drug-likeness (QED) is 0.677. The summed E-state index contributed by atoms with van der Waals surface area (Å²) in [5.41, 5.74) is 4.43. The van der Waals surface area contributed by atoms with E-state index in [9.17, 15) is 0 Å². The van der Waals surface area contributed by atoms with Crippen LogP contribution >= 0.6 is 23.8 Å². The van der Waals surface area contributed by atoms with Gasteiger partial charge in [-0.3, -0.25) is 0 Å². The van der Waals surface area contributed by atoms with Crippen molar-refractivity contribution in [2.45, 2.75) is 13.5 Å². The van der Waals surface area contributed by atoms with Crippen molar-refractivity contribution < 1.29 is 0 Å². The minimum Gasteiger partial charge on any atom is -0.329 e. The van der Waals surface area contributed by atoms with Gasteiger partial charge in [-0.1, -0.05) is 47.5 Å². The Labute approximate surface area is 121 Å². The van der Waals surface area contributed by atoms with Crippen LogP contribution in [-0.4, -0.2) is 9.55 Å². The van der Waals surface area contributed by atoms with Crippen molar-refractivity contribution in [1.82, 2.24) is 9.55 Å². The van der Waals surface area contributed by atoms with E-state index in [2.05, 4.69) is 40.7 Å². The van der Waals surface area contributed by atoms with Crippen molar-refractivity contribution in [3.8, 4) is 0 Å². The zero-order valence-corrected chi connectivity index (χ0v) is 12.1. The standard InChI is InChI=1S/C15H13ClN2S/c1-10-4-2-5-11(8-10)9-18-13-7-3-6-12(16)14(13)17-15(18)19/h2-8H,9H2,1H3,(H,17,19). The molecule has 4 heteroatoms.